The first-order valence-corrected chi connectivity index (χ1v) is 10.7. The third-order valence-electron chi connectivity index (χ3n) is 5.19. The van der Waals surface area contributed by atoms with Crippen LogP contribution < -0.4 is 14.8 Å². The molecule has 0 saturated heterocycles. The van der Waals surface area contributed by atoms with E-state index in [1.165, 1.54) is 31.2 Å². The highest BCUT2D eigenvalue weighted by Gasteiger charge is 2.26. The van der Waals surface area contributed by atoms with Gasteiger partial charge in [-0.15, -0.1) is 0 Å². The number of halogens is 4. The molecular formula is C24H20F4N2O5. The van der Waals surface area contributed by atoms with E-state index in [4.69, 9.17) is 9.15 Å². The fraction of sp³-hybridized carbons (Fsp3) is 0.292. The average molecular weight is 492 g/mol. The average Bonchev–Trinajstić information content (AvgIpc) is 3.52. The molecule has 1 aromatic heterocycles. The highest BCUT2D eigenvalue weighted by Crippen LogP contribution is 2.36. The maximum absolute atomic E-state index is 13.9. The first kappa shape index (κ1) is 24.2. The van der Waals surface area contributed by atoms with Gasteiger partial charge in [-0.05, 0) is 43.0 Å². The van der Waals surface area contributed by atoms with Crippen LogP contribution in [0.2, 0.25) is 0 Å². The first-order valence-electron chi connectivity index (χ1n) is 10.7. The van der Waals surface area contributed by atoms with Crippen molar-refractivity contribution in [3.8, 4) is 23.0 Å². The Kier molecular flexibility index (Phi) is 7.04. The van der Waals surface area contributed by atoms with Crippen LogP contribution in [0.1, 0.15) is 46.4 Å². The number of carbonyl (C=O) groups is 2. The molecule has 1 N–H and O–H groups in total. The quantitative estimate of drug-likeness (QED) is 0.311. The summed E-state index contributed by atoms with van der Waals surface area (Å²) in [5.41, 5.74) is -0.0631. The first-order chi connectivity index (χ1) is 16.7. The van der Waals surface area contributed by atoms with Gasteiger partial charge in [-0.1, -0.05) is 6.07 Å². The minimum atomic E-state index is -3.06. The predicted molar refractivity (Wildman–Crippen MR) is 114 cm³/mol. The van der Waals surface area contributed by atoms with Crippen LogP contribution in [0.15, 0.2) is 40.8 Å². The van der Waals surface area contributed by atoms with Crippen molar-refractivity contribution in [3.05, 3.63) is 65.1 Å². The van der Waals surface area contributed by atoms with E-state index >= 15 is 0 Å². The molecule has 2 aromatic carbocycles. The number of hydrogen-bond acceptors (Lipinski definition) is 6. The zero-order valence-corrected chi connectivity index (χ0v) is 18.4. The second kappa shape index (κ2) is 10.2. The molecule has 1 heterocycles. The van der Waals surface area contributed by atoms with E-state index in [9.17, 15) is 27.2 Å². The summed E-state index contributed by atoms with van der Waals surface area (Å²) in [5.74, 6) is -3.30. The lowest BCUT2D eigenvalue weighted by atomic mass is 10.2. The van der Waals surface area contributed by atoms with Gasteiger partial charge in [0.2, 0.25) is 11.7 Å². The minimum absolute atomic E-state index is 0.0277. The fourth-order valence-electron chi connectivity index (χ4n) is 3.20. The zero-order chi connectivity index (χ0) is 25.1. The number of ketones is 1. The molecule has 35 heavy (non-hydrogen) atoms. The molecule has 184 valence electrons. The molecule has 1 amide bonds. The number of amides is 1. The van der Waals surface area contributed by atoms with Crippen molar-refractivity contribution >= 4 is 11.7 Å². The van der Waals surface area contributed by atoms with Crippen LogP contribution in [0.3, 0.4) is 0 Å². The summed E-state index contributed by atoms with van der Waals surface area (Å²) in [6.07, 6.45) is 1.96. The third kappa shape index (κ3) is 5.97. The Morgan fingerprint density at radius 3 is 2.57 bits per heavy atom. The van der Waals surface area contributed by atoms with Gasteiger partial charge < -0.3 is 19.2 Å². The minimum Gasteiger partial charge on any atom is -0.489 e. The molecule has 1 saturated carbocycles. The Hall–Kier alpha value is -3.89. The van der Waals surface area contributed by atoms with Gasteiger partial charge in [-0.2, -0.15) is 8.78 Å². The van der Waals surface area contributed by atoms with Crippen LogP contribution in [0, 0.1) is 17.6 Å². The molecule has 1 fully saturated rings. The number of nitrogens with zero attached hydrogens (tertiary/aromatic N) is 1. The van der Waals surface area contributed by atoms with Crippen LogP contribution in [-0.2, 0) is 6.54 Å². The molecule has 0 spiro atoms. The van der Waals surface area contributed by atoms with Crippen LogP contribution in [-0.4, -0.2) is 29.9 Å². The van der Waals surface area contributed by atoms with Crippen LogP contribution >= 0.6 is 0 Å². The smallest absolute Gasteiger partial charge is 0.387 e. The Morgan fingerprint density at radius 1 is 1.14 bits per heavy atom. The molecule has 11 heteroatoms. The summed E-state index contributed by atoms with van der Waals surface area (Å²) < 4.78 is 68.1. The highest BCUT2D eigenvalue weighted by molar-refractivity contribution is 6.04. The van der Waals surface area contributed by atoms with Gasteiger partial charge in [-0.25, -0.2) is 13.8 Å². The number of ether oxygens (including phenoxy) is 2. The summed E-state index contributed by atoms with van der Waals surface area (Å²) in [7, 11) is 0. The van der Waals surface area contributed by atoms with Gasteiger partial charge in [0.05, 0.1) is 6.61 Å². The van der Waals surface area contributed by atoms with E-state index in [0.717, 1.165) is 18.9 Å². The summed E-state index contributed by atoms with van der Waals surface area (Å²) in [4.78, 5) is 28.8. The highest BCUT2D eigenvalue weighted by atomic mass is 19.3. The largest absolute Gasteiger partial charge is 0.489 e. The molecule has 1 aliphatic rings. The second-order valence-electron chi connectivity index (χ2n) is 7.97. The number of Topliss-reactive ketones (excluding diaryl/α,β-unsaturated/α-hetero) is 1. The van der Waals surface area contributed by atoms with E-state index < -0.39 is 29.9 Å². The van der Waals surface area contributed by atoms with Crippen molar-refractivity contribution in [2.45, 2.75) is 32.9 Å². The maximum Gasteiger partial charge on any atom is 0.387 e. The van der Waals surface area contributed by atoms with Crippen molar-refractivity contribution in [1.29, 1.82) is 0 Å². The van der Waals surface area contributed by atoms with Crippen molar-refractivity contribution in [1.82, 2.24) is 10.3 Å². The molecule has 1 aliphatic carbocycles. The Labute approximate surface area is 197 Å². The van der Waals surface area contributed by atoms with Gasteiger partial charge in [0.15, 0.2) is 23.0 Å². The number of nitrogens with one attached hydrogen (secondary N) is 1. The number of carbonyl (C=O) groups excluding carboxylic acids is 2. The summed E-state index contributed by atoms with van der Waals surface area (Å²) in [5, 5.41) is 2.41. The van der Waals surface area contributed by atoms with Crippen molar-refractivity contribution in [2.24, 2.45) is 5.92 Å². The van der Waals surface area contributed by atoms with E-state index in [0.29, 0.717) is 18.6 Å². The lowest BCUT2D eigenvalue weighted by molar-refractivity contribution is -0.0515. The fourth-order valence-corrected chi connectivity index (χ4v) is 3.20. The number of rotatable bonds is 10. The number of hydrogen-bond donors (Lipinski definition) is 1. The van der Waals surface area contributed by atoms with Crippen LogP contribution in [0.5, 0.6) is 11.5 Å². The number of aromatic nitrogens is 1. The second-order valence-corrected chi connectivity index (χ2v) is 7.97. The Balaban J connectivity index is 1.58. The molecule has 7 nitrogen and oxygen atoms in total. The van der Waals surface area contributed by atoms with Gasteiger partial charge in [0.1, 0.15) is 11.6 Å². The SMILES string of the molecule is CC(=O)c1oc(-c2ccc(OC(F)F)c(OCC3CC3)c2)nc1C(=O)NCc1ccc(F)cc1F. The molecule has 3 aromatic rings. The molecule has 4 rings (SSSR count). The normalized spacial score (nSPS) is 13.1. The monoisotopic (exact) mass is 492 g/mol. The standard InChI is InChI=1S/C24H20F4N2O5/c1-12(31)21-20(22(32)29-10-15-4-6-16(25)9-17(15)26)30-23(35-21)14-5-7-18(34-24(27)28)19(8-14)33-11-13-2-3-13/h4-9,13,24H,2-3,10-11H2,1H3,(H,29,32). The van der Waals surface area contributed by atoms with Crippen LogP contribution in [0.25, 0.3) is 11.5 Å². The molecule has 0 radical (unpaired) electrons. The molecule has 0 unspecified atom stereocenters. The molecule has 0 bridgehead atoms. The number of benzene rings is 2. The molecule has 0 atom stereocenters. The summed E-state index contributed by atoms with van der Waals surface area (Å²) in [6.45, 7) is -1.86. The Bertz CT molecular complexity index is 1260. The van der Waals surface area contributed by atoms with Gasteiger partial charge in [0.25, 0.3) is 5.91 Å². The lowest BCUT2D eigenvalue weighted by Gasteiger charge is -2.12. The lowest BCUT2D eigenvalue weighted by Crippen LogP contribution is -2.25. The maximum atomic E-state index is 13.9. The zero-order valence-electron chi connectivity index (χ0n) is 18.4. The van der Waals surface area contributed by atoms with E-state index in [1.54, 1.807) is 0 Å². The Morgan fingerprint density at radius 2 is 1.91 bits per heavy atom. The topological polar surface area (TPSA) is 90.7 Å². The third-order valence-corrected chi connectivity index (χ3v) is 5.19. The van der Waals surface area contributed by atoms with Crippen molar-refractivity contribution in [3.63, 3.8) is 0 Å². The van der Waals surface area contributed by atoms with E-state index in [2.05, 4.69) is 15.0 Å². The van der Waals surface area contributed by atoms with Crippen molar-refractivity contribution in [2.75, 3.05) is 6.61 Å². The van der Waals surface area contributed by atoms with Gasteiger partial charge >= 0.3 is 6.61 Å². The number of alkyl halides is 2. The van der Waals surface area contributed by atoms with Gasteiger partial charge in [-0.3, -0.25) is 9.59 Å². The van der Waals surface area contributed by atoms with E-state index in [-0.39, 0.29) is 46.5 Å². The van der Waals surface area contributed by atoms with Crippen molar-refractivity contribution < 1.29 is 41.0 Å². The number of oxazole rings is 1. The molecule has 0 aliphatic heterocycles. The van der Waals surface area contributed by atoms with E-state index in [1.807, 2.05) is 0 Å². The summed E-state index contributed by atoms with van der Waals surface area (Å²) in [6, 6.07) is 6.89. The molecular weight excluding hydrogens is 472 g/mol. The van der Waals surface area contributed by atoms with Crippen LogP contribution in [0.4, 0.5) is 17.6 Å². The van der Waals surface area contributed by atoms with Gasteiger partial charge in [0, 0.05) is 30.7 Å². The summed E-state index contributed by atoms with van der Waals surface area (Å²) >= 11 is 0. The predicted octanol–water partition coefficient (Wildman–Crippen LogP) is 5.14.